The van der Waals surface area contributed by atoms with Crippen molar-refractivity contribution in [2.45, 2.75) is 32.4 Å². The molecule has 0 radical (unpaired) electrons. The van der Waals surface area contributed by atoms with Gasteiger partial charge in [-0.05, 0) is 48.7 Å². The molecule has 2 aliphatic rings. The molecule has 1 amide bonds. The molecular formula is C18H22N4OS. The summed E-state index contributed by atoms with van der Waals surface area (Å²) in [6, 6.07) is 10.9. The van der Waals surface area contributed by atoms with E-state index in [1.54, 1.807) is 0 Å². The molecule has 3 atom stereocenters. The smallest absolute Gasteiger partial charge is 0.265 e. The number of hydrogen-bond donors (Lipinski definition) is 1. The molecule has 6 heteroatoms. The summed E-state index contributed by atoms with van der Waals surface area (Å²) in [5.41, 5.74) is 2.09. The molecule has 24 heavy (non-hydrogen) atoms. The Hall–Kier alpha value is -1.79. The largest absolute Gasteiger partial charge is 0.348 e. The van der Waals surface area contributed by atoms with Gasteiger partial charge in [-0.15, -0.1) is 5.10 Å². The Labute approximate surface area is 146 Å². The molecule has 1 aromatic heterocycles. The summed E-state index contributed by atoms with van der Waals surface area (Å²) in [6.07, 6.45) is 2.30. The minimum atomic E-state index is -0.00495. The number of hydrogen-bond acceptors (Lipinski definition) is 5. The van der Waals surface area contributed by atoms with Crippen LogP contribution in [0.1, 0.15) is 33.8 Å². The van der Waals surface area contributed by atoms with Crippen LogP contribution >= 0.6 is 11.5 Å². The minimum Gasteiger partial charge on any atom is -0.348 e. The van der Waals surface area contributed by atoms with Gasteiger partial charge in [0, 0.05) is 25.7 Å². The van der Waals surface area contributed by atoms with E-state index in [0.717, 1.165) is 31.7 Å². The van der Waals surface area contributed by atoms with Gasteiger partial charge in [0.05, 0.1) is 5.69 Å². The molecule has 4 rings (SSSR count). The van der Waals surface area contributed by atoms with Crippen LogP contribution in [0.5, 0.6) is 0 Å². The van der Waals surface area contributed by atoms with Crippen molar-refractivity contribution < 1.29 is 4.79 Å². The molecule has 1 saturated heterocycles. The Kier molecular flexibility index (Phi) is 4.33. The zero-order valence-electron chi connectivity index (χ0n) is 13.8. The fraction of sp³-hybridized carbons (Fsp3) is 0.500. The number of aromatic nitrogens is 2. The quantitative estimate of drug-likeness (QED) is 0.927. The van der Waals surface area contributed by atoms with Gasteiger partial charge in [0.15, 0.2) is 0 Å². The van der Waals surface area contributed by atoms with E-state index in [-0.39, 0.29) is 11.9 Å². The molecule has 2 heterocycles. The average Bonchev–Trinajstić information content (AvgIpc) is 3.26. The standard InChI is InChI=1S/C18H22N4OS/c1-12-17(24-21-20-12)18(23)19-16-8-7-14-10-22(11-15(14)16)9-13-5-3-2-4-6-13/h2-6,14-16H,7-11H2,1H3,(H,19,23). The molecule has 126 valence electrons. The van der Waals surface area contributed by atoms with Gasteiger partial charge >= 0.3 is 0 Å². The first-order chi connectivity index (χ1) is 11.7. The number of nitrogens with one attached hydrogen (secondary N) is 1. The van der Waals surface area contributed by atoms with Crippen LogP contribution in [-0.4, -0.2) is 39.5 Å². The van der Waals surface area contributed by atoms with Crippen LogP contribution in [-0.2, 0) is 6.54 Å². The molecule has 2 aromatic rings. The Balaban J connectivity index is 1.38. The lowest BCUT2D eigenvalue weighted by atomic mass is 9.98. The monoisotopic (exact) mass is 342 g/mol. The molecule has 1 N–H and O–H groups in total. The SMILES string of the molecule is Cc1nnsc1C(=O)NC1CCC2CN(Cc3ccccc3)CC21. The summed E-state index contributed by atoms with van der Waals surface area (Å²) in [5.74, 6) is 1.27. The van der Waals surface area contributed by atoms with E-state index in [0.29, 0.717) is 16.7 Å². The number of carbonyl (C=O) groups excluding carboxylic acids is 1. The molecule has 5 nitrogen and oxygen atoms in total. The average molecular weight is 342 g/mol. The topological polar surface area (TPSA) is 58.1 Å². The minimum absolute atomic E-state index is 0.00495. The van der Waals surface area contributed by atoms with Crippen molar-refractivity contribution in [3.05, 3.63) is 46.5 Å². The molecular weight excluding hydrogens is 320 g/mol. The molecule has 3 unspecified atom stereocenters. The Bertz CT molecular complexity index is 717. The van der Waals surface area contributed by atoms with Crippen LogP contribution in [0.15, 0.2) is 30.3 Å². The highest BCUT2D eigenvalue weighted by Crippen LogP contribution is 2.38. The second-order valence-corrected chi connectivity index (χ2v) is 7.70. The number of carbonyl (C=O) groups is 1. The number of amides is 1. The van der Waals surface area contributed by atoms with Gasteiger partial charge in [-0.25, -0.2) is 0 Å². The summed E-state index contributed by atoms with van der Waals surface area (Å²) in [7, 11) is 0. The summed E-state index contributed by atoms with van der Waals surface area (Å²) < 4.78 is 3.87. The number of rotatable bonds is 4. The Morgan fingerprint density at radius 1 is 1.29 bits per heavy atom. The van der Waals surface area contributed by atoms with E-state index in [1.807, 2.05) is 6.92 Å². The van der Waals surface area contributed by atoms with Gasteiger partial charge in [0.1, 0.15) is 4.88 Å². The highest BCUT2D eigenvalue weighted by molar-refractivity contribution is 7.08. The molecule has 1 aliphatic heterocycles. The highest BCUT2D eigenvalue weighted by atomic mass is 32.1. The van der Waals surface area contributed by atoms with Crippen LogP contribution in [0.25, 0.3) is 0 Å². The maximum absolute atomic E-state index is 12.4. The Morgan fingerprint density at radius 3 is 2.88 bits per heavy atom. The Morgan fingerprint density at radius 2 is 2.12 bits per heavy atom. The first-order valence-electron chi connectivity index (χ1n) is 8.57. The van der Waals surface area contributed by atoms with Crippen molar-refractivity contribution in [2.24, 2.45) is 11.8 Å². The number of likely N-dealkylation sites (tertiary alicyclic amines) is 1. The van der Waals surface area contributed by atoms with Gasteiger partial charge in [-0.3, -0.25) is 9.69 Å². The summed E-state index contributed by atoms with van der Waals surface area (Å²) in [5, 5.41) is 7.18. The predicted octanol–water partition coefficient (Wildman–Crippen LogP) is 2.49. The molecule has 1 aromatic carbocycles. The zero-order chi connectivity index (χ0) is 16.5. The van der Waals surface area contributed by atoms with Gasteiger partial charge in [-0.2, -0.15) is 0 Å². The van der Waals surface area contributed by atoms with Gasteiger partial charge in [0.25, 0.3) is 5.91 Å². The molecule has 2 fully saturated rings. The highest BCUT2D eigenvalue weighted by Gasteiger charge is 2.43. The molecule has 0 bridgehead atoms. The summed E-state index contributed by atoms with van der Waals surface area (Å²) in [6.45, 7) is 5.07. The van der Waals surface area contributed by atoms with Crippen LogP contribution in [0, 0.1) is 18.8 Å². The lowest BCUT2D eigenvalue weighted by Gasteiger charge is -2.21. The van der Waals surface area contributed by atoms with E-state index >= 15 is 0 Å². The summed E-state index contributed by atoms with van der Waals surface area (Å²) >= 11 is 1.19. The van der Waals surface area contributed by atoms with Gasteiger partial charge < -0.3 is 5.32 Å². The fourth-order valence-corrected chi connectivity index (χ4v) is 4.74. The lowest BCUT2D eigenvalue weighted by molar-refractivity contribution is 0.0929. The van der Waals surface area contributed by atoms with Crippen LogP contribution < -0.4 is 5.32 Å². The van der Waals surface area contributed by atoms with Crippen LogP contribution in [0.2, 0.25) is 0 Å². The maximum Gasteiger partial charge on any atom is 0.265 e. The first kappa shape index (κ1) is 15.7. The van der Waals surface area contributed by atoms with E-state index in [1.165, 1.54) is 23.5 Å². The second kappa shape index (κ2) is 6.61. The van der Waals surface area contributed by atoms with E-state index in [2.05, 4.69) is 50.1 Å². The number of aryl methyl sites for hydroxylation is 1. The van der Waals surface area contributed by atoms with Crippen LogP contribution in [0.3, 0.4) is 0 Å². The zero-order valence-corrected chi connectivity index (χ0v) is 14.6. The van der Waals surface area contributed by atoms with Crippen molar-refractivity contribution in [2.75, 3.05) is 13.1 Å². The normalized spacial score (nSPS) is 26.5. The van der Waals surface area contributed by atoms with Crippen molar-refractivity contribution in [3.8, 4) is 0 Å². The second-order valence-electron chi connectivity index (χ2n) is 6.95. The van der Waals surface area contributed by atoms with Crippen LogP contribution in [0.4, 0.5) is 0 Å². The van der Waals surface area contributed by atoms with E-state index in [4.69, 9.17) is 0 Å². The maximum atomic E-state index is 12.4. The van der Waals surface area contributed by atoms with Gasteiger partial charge in [-0.1, -0.05) is 34.8 Å². The lowest BCUT2D eigenvalue weighted by Crippen LogP contribution is -2.39. The number of fused-ring (bicyclic) bond motifs is 1. The predicted molar refractivity (Wildman–Crippen MR) is 93.8 cm³/mol. The van der Waals surface area contributed by atoms with E-state index < -0.39 is 0 Å². The van der Waals surface area contributed by atoms with Crippen molar-refractivity contribution in [3.63, 3.8) is 0 Å². The third-order valence-corrected chi connectivity index (χ3v) is 6.18. The third kappa shape index (κ3) is 3.08. The number of benzene rings is 1. The fourth-order valence-electron chi connectivity index (χ4n) is 4.18. The van der Waals surface area contributed by atoms with Crippen molar-refractivity contribution >= 4 is 17.4 Å². The summed E-state index contributed by atoms with van der Waals surface area (Å²) in [4.78, 5) is 15.6. The third-order valence-electron chi connectivity index (χ3n) is 5.36. The van der Waals surface area contributed by atoms with Gasteiger partial charge in [0.2, 0.25) is 0 Å². The van der Waals surface area contributed by atoms with E-state index in [9.17, 15) is 4.79 Å². The molecule has 1 saturated carbocycles. The molecule has 1 aliphatic carbocycles. The van der Waals surface area contributed by atoms with Crippen molar-refractivity contribution in [1.29, 1.82) is 0 Å². The first-order valence-corrected chi connectivity index (χ1v) is 9.34. The molecule has 0 spiro atoms. The number of nitrogens with zero attached hydrogens (tertiary/aromatic N) is 3. The van der Waals surface area contributed by atoms with Crippen molar-refractivity contribution in [1.82, 2.24) is 19.8 Å².